The van der Waals surface area contributed by atoms with Crippen molar-refractivity contribution in [2.75, 3.05) is 0 Å². The van der Waals surface area contributed by atoms with E-state index in [2.05, 4.69) is 164 Å². The summed E-state index contributed by atoms with van der Waals surface area (Å²) in [6, 6.07) is 35.4. The number of halogens is 2. The SMILES string of the molecule is C[Si](C)=[Zr]([Cl])([Cl])([CH]1C(CC(C)(C)C)=Cc2c(-c3ccccc3)cccc21)[CH]1C(CC(C)(C)C)=Cc2c(-c3ccccc3)cccc21. The zero-order chi connectivity index (χ0) is 33.1. The molecule has 0 fully saturated rings. The summed E-state index contributed by atoms with van der Waals surface area (Å²) in [4.78, 5) is 0. The molecule has 238 valence electrons. The van der Waals surface area contributed by atoms with Crippen molar-refractivity contribution in [1.82, 2.24) is 0 Å². The predicted octanol–water partition coefficient (Wildman–Crippen LogP) is 13.7. The Labute approximate surface area is 285 Å². The van der Waals surface area contributed by atoms with Crippen LogP contribution in [0.25, 0.3) is 34.4 Å². The molecule has 0 radical (unpaired) electrons. The molecule has 0 heterocycles. The molecule has 0 aromatic heterocycles. The van der Waals surface area contributed by atoms with Crippen molar-refractivity contribution in [3.8, 4) is 22.3 Å². The van der Waals surface area contributed by atoms with Gasteiger partial charge in [0.05, 0.1) is 0 Å². The second-order valence-corrected chi connectivity index (χ2v) is 55.1. The molecule has 0 aliphatic heterocycles. The number of fused-ring (bicyclic) bond motifs is 2. The summed E-state index contributed by atoms with van der Waals surface area (Å²) in [6.45, 7) is 19.0. The standard InChI is InChI=1S/2C20H21.C2H6Si.2ClH.Zr/c2*1-20(2,3)14-15-12-17-10-7-11-18(19(17)13-15)16-8-5-4-6-9-16;1-3-2;;;/h2*4-13H,14H2,1-3H3;1-2H3;2*1H;/q;;;;;+2/p-2. The van der Waals surface area contributed by atoms with Gasteiger partial charge in [0.15, 0.2) is 0 Å². The molecule has 0 nitrogen and oxygen atoms in total. The van der Waals surface area contributed by atoms with Crippen LogP contribution in [0, 0.1) is 10.8 Å². The van der Waals surface area contributed by atoms with E-state index in [4.69, 9.17) is 17.0 Å². The molecule has 0 bridgehead atoms. The van der Waals surface area contributed by atoms with E-state index in [0.717, 1.165) is 12.8 Å². The van der Waals surface area contributed by atoms with Crippen molar-refractivity contribution in [3.05, 3.63) is 130 Å². The minimum atomic E-state index is -4.96. The zero-order valence-corrected chi connectivity index (χ0v) is 33.7. The van der Waals surface area contributed by atoms with Crippen molar-refractivity contribution in [2.24, 2.45) is 10.8 Å². The molecule has 2 aliphatic rings. The molecule has 4 aromatic rings. The van der Waals surface area contributed by atoms with E-state index in [-0.39, 0.29) is 18.1 Å². The van der Waals surface area contributed by atoms with Gasteiger partial charge in [-0.25, -0.2) is 0 Å². The summed E-state index contributed by atoms with van der Waals surface area (Å²) in [5.41, 5.74) is 12.3. The fraction of sp³-hybridized carbons (Fsp3) is 0.333. The first-order valence-corrected chi connectivity index (χ1v) is 32.1. The normalized spacial score (nSPS) is 18.2. The average molecular weight is 743 g/mol. The zero-order valence-electron chi connectivity index (χ0n) is 28.7. The van der Waals surface area contributed by atoms with Gasteiger partial charge in [-0.2, -0.15) is 0 Å². The van der Waals surface area contributed by atoms with E-state index < -0.39 is 20.4 Å². The fourth-order valence-corrected chi connectivity index (χ4v) is 37.1. The molecule has 0 spiro atoms. The molecule has 2 aliphatic carbocycles. The first-order valence-electron chi connectivity index (χ1n) is 16.7. The van der Waals surface area contributed by atoms with Crippen molar-refractivity contribution < 1.29 is 15.0 Å². The van der Waals surface area contributed by atoms with Crippen molar-refractivity contribution in [2.45, 2.75) is 74.7 Å². The molecule has 46 heavy (non-hydrogen) atoms. The number of hydrogen-bond acceptors (Lipinski definition) is 0. The van der Waals surface area contributed by atoms with E-state index in [0.29, 0.717) is 0 Å². The first kappa shape index (κ1) is 33.9. The molecule has 0 saturated heterocycles. The number of rotatable bonds is 6. The molecule has 0 saturated carbocycles. The first-order chi connectivity index (χ1) is 21.6. The van der Waals surface area contributed by atoms with Gasteiger partial charge in [-0.15, -0.1) is 0 Å². The molecule has 6 rings (SSSR count). The van der Waals surface area contributed by atoms with Crippen LogP contribution in [0.1, 0.15) is 83.9 Å². The summed E-state index contributed by atoms with van der Waals surface area (Å²) >= 11 is -4.96. The maximum atomic E-state index is 8.78. The van der Waals surface area contributed by atoms with Gasteiger partial charge in [-0.05, 0) is 0 Å². The minimum absolute atomic E-state index is 0.0613. The quantitative estimate of drug-likeness (QED) is 0.173. The van der Waals surface area contributed by atoms with Gasteiger partial charge in [-0.3, -0.25) is 0 Å². The van der Waals surface area contributed by atoms with Crippen LogP contribution < -0.4 is 0 Å². The maximum absolute atomic E-state index is 8.78. The molecule has 4 heteroatoms. The van der Waals surface area contributed by atoms with Crippen LogP contribution in [-0.4, -0.2) is 5.43 Å². The van der Waals surface area contributed by atoms with Crippen molar-refractivity contribution >= 4 is 34.6 Å². The molecular weight excluding hydrogens is 695 g/mol. The van der Waals surface area contributed by atoms with Crippen LogP contribution in [0.15, 0.2) is 108 Å². The Bertz CT molecular complexity index is 1790. The van der Waals surface area contributed by atoms with Gasteiger partial charge in [0.1, 0.15) is 0 Å². The van der Waals surface area contributed by atoms with Gasteiger partial charge in [0, 0.05) is 0 Å². The Morgan fingerprint density at radius 3 is 1.24 bits per heavy atom. The second-order valence-electron chi connectivity index (χ2n) is 16.3. The second kappa shape index (κ2) is 12.2. The summed E-state index contributed by atoms with van der Waals surface area (Å²) in [5, 5.41) is 0. The van der Waals surface area contributed by atoms with Crippen LogP contribution in [-0.2, 0) is 15.0 Å². The van der Waals surface area contributed by atoms with Crippen LogP contribution in [0.4, 0.5) is 0 Å². The van der Waals surface area contributed by atoms with Crippen LogP contribution in [0.2, 0.25) is 13.1 Å². The summed E-state index contributed by atoms with van der Waals surface area (Å²) in [6.07, 6.45) is 6.95. The monoisotopic (exact) mass is 740 g/mol. The van der Waals surface area contributed by atoms with Crippen LogP contribution in [0.3, 0.4) is 0 Å². The Hall–Kier alpha value is -1.96. The summed E-state index contributed by atoms with van der Waals surface area (Å²) in [7, 11) is 17.6. The van der Waals surface area contributed by atoms with Gasteiger partial charge in [0.2, 0.25) is 0 Å². The third-order valence-corrected chi connectivity index (χ3v) is 56.5. The van der Waals surface area contributed by atoms with E-state index >= 15 is 0 Å². The number of benzene rings is 4. The topological polar surface area (TPSA) is 0 Å². The van der Waals surface area contributed by atoms with E-state index in [1.165, 1.54) is 55.7 Å². The van der Waals surface area contributed by atoms with Crippen LogP contribution in [0.5, 0.6) is 0 Å². The average Bonchev–Trinajstić information content (AvgIpc) is 3.54. The van der Waals surface area contributed by atoms with Crippen LogP contribution >= 0.6 is 17.0 Å². The molecule has 0 N–H and O–H groups in total. The Morgan fingerprint density at radius 2 is 0.913 bits per heavy atom. The Kier molecular flexibility index (Phi) is 8.98. The number of allylic oxidation sites excluding steroid dienone is 2. The molecule has 4 aromatic carbocycles. The van der Waals surface area contributed by atoms with E-state index in [9.17, 15) is 0 Å². The van der Waals surface area contributed by atoms with Gasteiger partial charge in [-0.1, -0.05) is 0 Å². The third-order valence-electron chi connectivity index (χ3n) is 9.96. The third kappa shape index (κ3) is 6.07. The molecule has 0 amide bonds. The Balaban J connectivity index is 1.66. The van der Waals surface area contributed by atoms with Gasteiger partial charge in [0.25, 0.3) is 0 Å². The Morgan fingerprint density at radius 1 is 0.543 bits per heavy atom. The van der Waals surface area contributed by atoms with Gasteiger partial charge < -0.3 is 0 Å². The summed E-state index contributed by atoms with van der Waals surface area (Å²) in [5.74, 6) is 0. The van der Waals surface area contributed by atoms with E-state index in [1.807, 2.05) is 0 Å². The van der Waals surface area contributed by atoms with Crippen molar-refractivity contribution in [1.29, 1.82) is 0 Å². The van der Waals surface area contributed by atoms with Gasteiger partial charge >= 0.3 is 288 Å². The summed E-state index contributed by atoms with van der Waals surface area (Å²) < 4.78 is 0.123. The fourth-order valence-electron chi connectivity index (χ4n) is 8.19. The predicted molar refractivity (Wildman–Crippen MR) is 203 cm³/mol. The van der Waals surface area contributed by atoms with Crippen molar-refractivity contribution in [3.63, 3.8) is 0 Å². The molecule has 2 atom stereocenters. The molecular formula is C42H48Cl2SiZr. The van der Waals surface area contributed by atoms with E-state index in [1.54, 1.807) is 0 Å². The molecule has 2 unspecified atom stereocenters. The number of hydrogen-bond donors (Lipinski definition) is 0.